The number of amides is 2. The van der Waals surface area contributed by atoms with E-state index in [1.807, 2.05) is 61.5 Å². The number of nitrogens with zero attached hydrogens (tertiary/aromatic N) is 1. The van der Waals surface area contributed by atoms with E-state index >= 15 is 0 Å². The molecule has 6 heteroatoms. The monoisotopic (exact) mass is 403 g/mol. The number of ether oxygens (including phenoxy) is 1. The molecule has 0 aromatic heterocycles. The first kappa shape index (κ1) is 20.9. The van der Waals surface area contributed by atoms with Crippen molar-refractivity contribution in [2.75, 3.05) is 35.7 Å². The number of para-hydroxylation sites is 1. The van der Waals surface area contributed by atoms with Gasteiger partial charge in [-0.3, -0.25) is 9.59 Å². The average Bonchev–Trinajstić information content (AvgIpc) is 2.79. The smallest absolute Gasteiger partial charge is 0.258 e. The Bertz CT molecular complexity index is 1010. The second kappa shape index (κ2) is 10.1. The number of hydrogen-bond acceptors (Lipinski definition) is 4. The van der Waals surface area contributed by atoms with Crippen molar-refractivity contribution in [2.45, 2.75) is 6.92 Å². The first-order valence-corrected chi connectivity index (χ1v) is 9.75. The van der Waals surface area contributed by atoms with Crippen molar-refractivity contribution < 1.29 is 14.3 Å². The molecule has 6 nitrogen and oxygen atoms in total. The molecule has 0 radical (unpaired) electrons. The first-order valence-electron chi connectivity index (χ1n) is 9.75. The Hall–Kier alpha value is -3.80. The Morgan fingerprint density at radius 3 is 2.37 bits per heavy atom. The van der Waals surface area contributed by atoms with Gasteiger partial charge in [-0.05, 0) is 49.4 Å². The summed E-state index contributed by atoms with van der Waals surface area (Å²) in [5.41, 5.74) is 2.71. The fourth-order valence-electron chi connectivity index (χ4n) is 3.06. The third-order valence-electron chi connectivity index (χ3n) is 4.55. The van der Waals surface area contributed by atoms with Crippen LogP contribution < -0.4 is 20.3 Å². The summed E-state index contributed by atoms with van der Waals surface area (Å²) in [7, 11) is 1.59. The van der Waals surface area contributed by atoms with Gasteiger partial charge in [0, 0.05) is 35.2 Å². The van der Waals surface area contributed by atoms with Crippen LogP contribution in [0.3, 0.4) is 0 Å². The highest BCUT2D eigenvalue weighted by atomic mass is 16.5. The van der Waals surface area contributed by atoms with Crippen LogP contribution in [0.1, 0.15) is 17.3 Å². The Balaban J connectivity index is 1.64. The van der Waals surface area contributed by atoms with Gasteiger partial charge in [0.1, 0.15) is 5.75 Å². The second-order valence-corrected chi connectivity index (χ2v) is 6.60. The average molecular weight is 403 g/mol. The second-order valence-electron chi connectivity index (χ2n) is 6.60. The van der Waals surface area contributed by atoms with Crippen LogP contribution in [0.4, 0.5) is 17.1 Å². The molecule has 0 aliphatic carbocycles. The van der Waals surface area contributed by atoms with Gasteiger partial charge in [-0.1, -0.05) is 30.3 Å². The van der Waals surface area contributed by atoms with E-state index in [0.29, 0.717) is 23.5 Å². The number of carbonyl (C=O) groups is 2. The third kappa shape index (κ3) is 5.38. The molecule has 0 aliphatic rings. The first-order chi connectivity index (χ1) is 14.6. The Morgan fingerprint density at radius 1 is 0.900 bits per heavy atom. The van der Waals surface area contributed by atoms with Gasteiger partial charge in [0.25, 0.3) is 5.91 Å². The molecule has 30 heavy (non-hydrogen) atoms. The summed E-state index contributed by atoms with van der Waals surface area (Å²) < 4.78 is 5.18. The number of rotatable bonds is 8. The summed E-state index contributed by atoms with van der Waals surface area (Å²) in [4.78, 5) is 27.0. The van der Waals surface area contributed by atoms with E-state index in [0.717, 1.165) is 11.4 Å². The molecule has 0 saturated heterocycles. The van der Waals surface area contributed by atoms with Gasteiger partial charge in [0.05, 0.1) is 13.7 Å². The SMILES string of the molecule is CCN(C(=O)c1cccc(NC(=O)CNc2cccc(OC)c2)c1)c1ccccc1. The summed E-state index contributed by atoms with van der Waals surface area (Å²) in [6, 6.07) is 23.8. The molecule has 0 spiro atoms. The maximum atomic E-state index is 13.0. The van der Waals surface area contributed by atoms with Crippen LogP contribution in [0.5, 0.6) is 5.75 Å². The molecule has 0 atom stereocenters. The zero-order chi connectivity index (χ0) is 21.3. The maximum absolute atomic E-state index is 13.0. The molecular weight excluding hydrogens is 378 g/mol. The molecular formula is C24H25N3O3. The number of anilines is 3. The minimum absolute atomic E-state index is 0.0937. The molecule has 154 valence electrons. The highest BCUT2D eigenvalue weighted by Gasteiger charge is 2.16. The molecule has 0 heterocycles. The highest BCUT2D eigenvalue weighted by Crippen LogP contribution is 2.19. The standard InChI is InChI=1S/C24H25N3O3/c1-3-27(21-12-5-4-6-13-21)24(29)18-9-7-11-20(15-18)26-23(28)17-25-19-10-8-14-22(16-19)30-2/h4-16,25H,3,17H2,1-2H3,(H,26,28). The van der Waals surface area contributed by atoms with Crippen molar-refractivity contribution in [2.24, 2.45) is 0 Å². The van der Waals surface area contributed by atoms with Gasteiger partial charge in [0.15, 0.2) is 0 Å². The molecule has 0 aliphatic heterocycles. The summed E-state index contributed by atoms with van der Waals surface area (Å²) >= 11 is 0. The summed E-state index contributed by atoms with van der Waals surface area (Å²) in [5.74, 6) is 0.387. The van der Waals surface area contributed by atoms with Crippen molar-refractivity contribution in [1.82, 2.24) is 0 Å². The number of hydrogen-bond donors (Lipinski definition) is 2. The molecule has 3 rings (SSSR count). The fraction of sp³-hybridized carbons (Fsp3) is 0.167. The van der Waals surface area contributed by atoms with E-state index in [1.54, 1.807) is 36.3 Å². The van der Waals surface area contributed by atoms with Gasteiger partial charge in [-0.25, -0.2) is 0 Å². The van der Waals surface area contributed by atoms with Crippen molar-refractivity contribution in [3.8, 4) is 5.75 Å². The molecule has 0 bridgehead atoms. The lowest BCUT2D eigenvalue weighted by Crippen LogP contribution is -2.30. The topological polar surface area (TPSA) is 70.7 Å². The van der Waals surface area contributed by atoms with Crippen LogP contribution in [0, 0.1) is 0 Å². The summed E-state index contributed by atoms with van der Waals surface area (Å²) in [6.45, 7) is 2.57. The summed E-state index contributed by atoms with van der Waals surface area (Å²) in [5, 5.41) is 5.89. The van der Waals surface area contributed by atoms with Crippen LogP contribution >= 0.6 is 0 Å². The lowest BCUT2D eigenvalue weighted by Gasteiger charge is -2.21. The minimum Gasteiger partial charge on any atom is -0.497 e. The largest absolute Gasteiger partial charge is 0.497 e. The number of nitrogens with one attached hydrogen (secondary N) is 2. The van der Waals surface area contributed by atoms with Crippen molar-refractivity contribution in [3.63, 3.8) is 0 Å². The molecule has 0 fully saturated rings. The fourth-order valence-corrected chi connectivity index (χ4v) is 3.06. The number of carbonyl (C=O) groups excluding carboxylic acids is 2. The maximum Gasteiger partial charge on any atom is 0.258 e. The van der Waals surface area contributed by atoms with Crippen molar-refractivity contribution >= 4 is 28.9 Å². The van der Waals surface area contributed by atoms with Gasteiger partial charge < -0.3 is 20.3 Å². The normalized spacial score (nSPS) is 10.2. The van der Waals surface area contributed by atoms with E-state index in [9.17, 15) is 9.59 Å². The van der Waals surface area contributed by atoms with E-state index in [-0.39, 0.29) is 18.4 Å². The highest BCUT2D eigenvalue weighted by molar-refractivity contribution is 6.07. The van der Waals surface area contributed by atoms with Crippen LogP contribution in [-0.2, 0) is 4.79 Å². The third-order valence-corrected chi connectivity index (χ3v) is 4.55. The Labute approximate surface area is 176 Å². The molecule has 3 aromatic carbocycles. The summed E-state index contributed by atoms with van der Waals surface area (Å²) in [6.07, 6.45) is 0. The zero-order valence-electron chi connectivity index (χ0n) is 17.1. The van der Waals surface area contributed by atoms with Gasteiger partial charge in [-0.2, -0.15) is 0 Å². The van der Waals surface area contributed by atoms with E-state index in [2.05, 4.69) is 10.6 Å². The Morgan fingerprint density at radius 2 is 1.63 bits per heavy atom. The quantitative estimate of drug-likeness (QED) is 0.584. The van der Waals surface area contributed by atoms with Gasteiger partial charge >= 0.3 is 0 Å². The molecule has 2 amide bonds. The van der Waals surface area contributed by atoms with Crippen molar-refractivity contribution in [3.05, 3.63) is 84.4 Å². The van der Waals surface area contributed by atoms with Crippen LogP contribution in [0.2, 0.25) is 0 Å². The molecule has 0 unspecified atom stereocenters. The van der Waals surface area contributed by atoms with Gasteiger partial charge in [-0.15, -0.1) is 0 Å². The van der Waals surface area contributed by atoms with Crippen LogP contribution in [0.25, 0.3) is 0 Å². The van der Waals surface area contributed by atoms with E-state index in [4.69, 9.17) is 4.74 Å². The molecule has 2 N–H and O–H groups in total. The number of methoxy groups -OCH3 is 1. The molecule has 0 saturated carbocycles. The number of benzene rings is 3. The van der Waals surface area contributed by atoms with Crippen molar-refractivity contribution in [1.29, 1.82) is 0 Å². The van der Waals surface area contributed by atoms with E-state index < -0.39 is 0 Å². The predicted molar refractivity (Wildman–Crippen MR) is 120 cm³/mol. The lowest BCUT2D eigenvalue weighted by molar-refractivity contribution is -0.114. The van der Waals surface area contributed by atoms with Gasteiger partial charge in [0.2, 0.25) is 5.91 Å². The zero-order valence-corrected chi connectivity index (χ0v) is 17.1. The lowest BCUT2D eigenvalue weighted by atomic mass is 10.1. The molecule has 3 aromatic rings. The van der Waals surface area contributed by atoms with E-state index in [1.165, 1.54) is 0 Å². The minimum atomic E-state index is -0.210. The predicted octanol–water partition coefficient (Wildman–Crippen LogP) is 4.41. The Kier molecular flexibility index (Phi) is 7.05. The van der Waals surface area contributed by atoms with Crippen LogP contribution in [0.15, 0.2) is 78.9 Å². The van der Waals surface area contributed by atoms with Crippen LogP contribution in [-0.4, -0.2) is 32.0 Å².